The lowest BCUT2D eigenvalue weighted by molar-refractivity contribution is 0.610. The average molecular weight is 205 g/mol. The third-order valence-electron chi connectivity index (χ3n) is 2.31. The maximum absolute atomic E-state index is 12.9. The van der Waals surface area contributed by atoms with Gasteiger partial charge in [0.25, 0.3) is 0 Å². The predicted octanol–water partition coefficient (Wildman–Crippen LogP) is 2.81. The Labute approximate surface area is 90.7 Å². The summed E-state index contributed by atoms with van der Waals surface area (Å²) in [4.78, 5) is 0. The molecule has 1 N–H and O–H groups in total. The van der Waals surface area contributed by atoms with Crippen molar-refractivity contribution in [3.63, 3.8) is 0 Å². The van der Waals surface area contributed by atoms with Gasteiger partial charge < -0.3 is 0 Å². The molecule has 0 aliphatic heterocycles. The summed E-state index contributed by atoms with van der Waals surface area (Å²) in [5, 5.41) is 3.24. The van der Waals surface area contributed by atoms with Gasteiger partial charge in [-0.25, -0.2) is 4.39 Å². The molecule has 80 valence electrons. The molecule has 0 radical (unpaired) electrons. The van der Waals surface area contributed by atoms with Gasteiger partial charge >= 0.3 is 0 Å². The van der Waals surface area contributed by atoms with Crippen LogP contribution >= 0.6 is 0 Å². The van der Waals surface area contributed by atoms with Gasteiger partial charge in [0.1, 0.15) is 5.82 Å². The molecule has 0 bridgehead atoms. The second kappa shape index (κ2) is 5.53. The molecule has 1 unspecified atom stereocenters. The standard InChI is InChI=1S/C13H16FN/c1-4-8-15-13(5-2)12-7-6-11(14)9-10(12)3/h2,6-7,9,13,15H,4,8H2,1,3H3. The molecule has 0 amide bonds. The number of benzene rings is 1. The summed E-state index contributed by atoms with van der Waals surface area (Å²) in [5.74, 6) is 2.46. The molecule has 2 heteroatoms. The largest absolute Gasteiger partial charge is 0.300 e. The van der Waals surface area contributed by atoms with E-state index in [1.54, 1.807) is 6.07 Å². The first-order chi connectivity index (χ1) is 7.19. The van der Waals surface area contributed by atoms with E-state index >= 15 is 0 Å². The molecule has 0 spiro atoms. The van der Waals surface area contributed by atoms with Crippen LogP contribution in [0.4, 0.5) is 4.39 Å². The van der Waals surface area contributed by atoms with Crippen molar-refractivity contribution in [3.05, 3.63) is 35.1 Å². The van der Waals surface area contributed by atoms with Gasteiger partial charge in [0.15, 0.2) is 0 Å². The third kappa shape index (κ3) is 3.07. The first-order valence-electron chi connectivity index (χ1n) is 5.14. The lowest BCUT2D eigenvalue weighted by atomic mass is 10.0. The zero-order chi connectivity index (χ0) is 11.3. The van der Waals surface area contributed by atoms with Crippen molar-refractivity contribution in [3.8, 4) is 12.3 Å². The zero-order valence-electron chi connectivity index (χ0n) is 9.18. The van der Waals surface area contributed by atoms with Gasteiger partial charge in [-0.05, 0) is 43.1 Å². The van der Waals surface area contributed by atoms with Crippen LogP contribution in [0.3, 0.4) is 0 Å². The molecule has 0 fully saturated rings. The monoisotopic (exact) mass is 205 g/mol. The molecular weight excluding hydrogens is 189 g/mol. The van der Waals surface area contributed by atoms with Crippen LogP contribution in [0.25, 0.3) is 0 Å². The number of aryl methyl sites for hydroxylation is 1. The Bertz CT molecular complexity index is 365. The number of halogens is 1. The first kappa shape index (κ1) is 11.7. The molecule has 1 aromatic rings. The average Bonchev–Trinajstić information content (AvgIpc) is 2.21. The molecule has 0 saturated heterocycles. The van der Waals surface area contributed by atoms with Crippen molar-refractivity contribution in [2.75, 3.05) is 6.54 Å². The molecule has 1 aromatic carbocycles. The van der Waals surface area contributed by atoms with E-state index in [9.17, 15) is 4.39 Å². The number of hydrogen-bond donors (Lipinski definition) is 1. The van der Waals surface area contributed by atoms with E-state index in [-0.39, 0.29) is 11.9 Å². The number of hydrogen-bond acceptors (Lipinski definition) is 1. The molecule has 1 nitrogen and oxygen atoms in total. The maximum Gasteiger partial charge on any atom is 0.123 e. The molecule has 1 atom stereocenters. The Morgan fingerprint density at radius 3 is 2.80 bits per heavy atom. The van der Waals surface area contributed by atoms with Crippen LogP contribution in [-0.2, 0) is 0 Å². The summed E-state index contributed by atoms with van der Waals surface area (Å²) in [5.41, 5.74) is 1.87. The minimum atomic E-state index is -0.220. The molecular formula is C13H16FN. The van der Waals surface area contributed by atoms with E-state index in [2.05, 4.69) is 18.2 Å². The summed E-state index contributed by atoms with van der Waals surface area (Å²) in [6.07, 6.45) is 6.47. The molecule has 0 aromatic heterocycles. The summed E-state index contributed by atoms with van der Waals surface area (Å²) < 4.78 is 12.9. The van der Waals surface area contributed by atoms with Gasteiger partial charge in [-0.2, -0.15) is 0 Å². The lowest BCUT2D eigenvalue weighted by Gasteiger charge is -2.15. The number of rotatable bonds is 4. The van der Waals surface area contributed by atoms with Crippen molar-refractivity contribution in [1.29, 1.82) is 0 Å². The molecule has 15 heavy (non-hydrogen) atoms. The lowest BCUT2D eigenvalue weighted by Crippen LogP contribution is -2.21. The van der Waals surface area contributed by atoms with E-state index in [1.165, 1.54) is 12.1 Å². The number of terminal acetylenes is 1. The van der Waals surface area contributed by atoms with E-state index in [1.807, 2.05) is 6.92 Å². The summed E-state index contributed by atoms with van der Waals surface area (Å²) in [6, 6.07) is 4.58. The zero-order valence-corrected chi connectivity index (χ0v) is 9.18. The summed E-state index contributed by atoms with van der Waals surface area (Å²) in [6.45, 7) is 4.82. The van der Waals surface area contributed by atoms with Crippen molar-refractivity contribution in [1.82, 2.24) is 5.32 Å². The van der Waals surface area contributed by atoms with E-state index in [0.29, 0.717) is 0 Å². The topological polar surface area (TPSA) is 12.0 Å². The Balaban J connectivity index is 2.88. The van der Waals surface area contributed by atoms with Gasteiger partial charge in [-0.3, -0.25) is 5.32 Å². The summed E-state index contributed by atoms with van der Waals surface area (Å²) >= 11 is 0. The van der Waals surface area contributed by atoms with E-state index in [0.717, 1.165) is 24.1 Å². The van der Waals surface area contributed by atoms with Crippen LogP contribution in [0.15, 0.2) is 18.2 Å². The van der Waals surface area contributed by atoms with Gasteiger partial charge in [-0.15, -0.1) is 6.42 Å². The Morgan fingerprint density at radius 1 is 1.53 bits per heavy atom. The van der Waals surface area contributed by atoms with Crippen molar-refractivity contribution < 1.29 is 4.39 Å². The molecule has 0 aliphatic carbocycles. The van der Waals surface area contributed by atoms with Crippen LogP contribution in [-0.4, -0.2) is 6.54 Å². The second-order valence-corrected chi connectivity index (χ2v) is 3.55. The van der Waals surface area contributed by atoms with Crippen LogP contribution < -0.4 is 5.32 Å². The fraction of sp³-hybridized carbons (Fsp3) is 0.385. The minimum Gasteiger partial charge on any atom is -0.300 e. The quantitative estimate of drug-likeness (QED) is 0.745. The highest BCUT2D eigenvalue weighted by atomic mass is 19.1. The SMILES string of the molecule is C#CC(NCCC)c1ccc(F)cc1C. The third-order valence-corrected chi connectivity index (χ3v) is 2.31. The fourth-order valence-electron chi connectivity index (χ4n) is 1.51. The molecule has 0 aliphatic rings. The van der Waals surface area contributed by atoms with Crippen LogP contribution in [0.5, 0.6) is 0 Å². The smallest absolute Gasteiger partial charge is 0.123 e. The van der Waals surface area contributed by atoms with Crippen LogP contribution in [0.2, 0.25) is 0 Å². The molecule has 0 heterocycles. The highest BCUT2D eigenvalue weighted by molar-refractivity contribution is 5.33. The normalized spacial score (nSPS) is 12.1. The molecule has 1 rings (SSSR count). The Kier molecular flexibility index (Phi) is 4.33. The van der Waals surface area contributed by atoms with Crippen LogP contribution in [0.1, 0.15) is 30.5 Å². The molecule has 0 saturated carbocycles. The maximum atomic E-state index is 12.9. The second-order valence-electron chi connectivity index (χ2n) is 3.55. The van der Waals surface area contributed by atoms with E-state index in [4.69, 9.17) is 6.42 Å². The predicted molar refractivity (Wildman–Crippen MR) is 61.0 cm³/mol. The van der Waals surface area contributed by atoms with E-state index < -0.39 is 0 Å². The van der Waals surface area contributed by atoms with Crippen molar-refractivity contribution in [2.45, 2.75) is 26.3 Å². The highest BCUT2D eigenvalue weighted by Gasteiger charge is 2.09. The van der Waals surface area contributed by atoms with Gasteiger partial charge in [0, 0.05) is 0 Å². The van der Waals surface area contributed by atoms with Crippen LogP contribution in [0, 0.1) is 25.1 Å². The van der Waals surface area contributed by atoms with Crippen molar-refractivity contribution in [2.24, 2.45) is 0 Å². The Morgan fingerprint density at radius 2 is 2.27 bits per heavy atom. The minimum absolute atomic E-state index is 0.120. The number of nitrogens with one attached hydrogen (secondary N) is 1. The van der Waals surface area contributed by atoms with Crippen molar-refractivity contribution >= 4 is 0 Å². The van der Waals surface area contributed by atoms with Gasteiger partial charge in [0.2, 0.25) is 0 Å². The fourth-order valence-corrected chi connectivity index (χ4v) is 1.51. The van der Waals surface area contributed by atoms with Gasteiger partial charge in [-0.1, -0.05) is 18.9 Å². The highest BCUT2D eigenvalue weighted by Crippen LogP contribution is 2.18. The van der Waals surface area contributed by atoms with Gasteiger partial charge in [0.05, 0.1) is 6.04 Å². The Hall–Kier alpha value is -1.33. The first-order valence-corrected chi connectivity index (χ1v) is 5.14. The summed E-state index contributed by atoms with van der Waals surface area (Å²) in [7, 11) is 0.